The third kappa shape index (κ3) is 4.85. The molecule has 0 spiro atoms. The Bertz CT molecular complexity index is 993. The molecule has 27 heavy (non-hydrogen) atoms. The first-order valence-electron chi connectivity index (χ1n) is 7.23. The lowest BCUT2D eigenvalue weighted by atomic mass is 10.1. The van der Waals surface area contributed by atoms with Crippen molar-refractivity contribution in [2.45, 2.75) is 11.1 Å². The lowest BCUT2D eigenvalue weighted by Crippen LogP contribution is -2.24. The Labute approximate surface area is 163 Å². The number of carbonyl (C=O) groups is 1. The second kappa shape index (κ2) is 7.57. The number of hydrogen-bond acceptors (Lipinski definition) is 3. The summed E-state index contributed by atoms with van der Waals surface area (Å²) >= 11 is 11.4. The molecule has 0 saturated heterocycles. The molecule has 0 unspecified atom stereocenters. The first-order chi connectivity index (χ1) is 12.3. The summed E-state index contributed by atoms with van der Waals surface area (Å²) in [5.74, 6) is -0.517. The summed E-state index contributed by atoms with van der Waals surface area (Å²) in [6, 6.07) is 6.07. The fourth-order valence-corrected chi connectivity index (χ4v) is 3.61. The zero-order valence-corrected chi connectivity index (χ0v) is 16.3. The predicted molar refractivity (Wildman–Crippen MR) is 96.7 cm³/mol. The van der Waals surface area contributed by atoms with Crippen LogP contribution in [0.3, 0.4) is 0 Å². The highest BCUT2D eigenvalue weighted by Gasteiger charge is 2.34. The lowest BCUT2D eigenvalue weighted by Gasteiger charge is -2.17. The minimum atomic E-state index is -4.83. The van der Waals surface area contributed by atoms with Gasteiger partial charge < -0.3 is 4.90 Å². The van der Waals surface area contributed by atoms with E-state index < -0.39 is 37.6 Å². The number of amides is 1. The van der Waals surface area contributed by atoms with Gasteiger partial charge in [0.1, 0.15) is 0 Å². The van der Waals surface area contributed by atoms with Crippen molar-refractivity contribution in [1.82, 2.24) is 4.90 Å². The first kappa shape index (κ1) is 21.3. The molecule has 0 aromatic heterocycles. The van der Waals surface area contributed by atoms with Crippen LogP contribution in [0.15, 0.2) is 41.3 Å². The van der Waals surface area contributed by atoms with Crippen molar-refractivity contribution in [2.75, 3.05) is 18.8 Å². The summed E-state index contributed by atoms with van der Waals surface area (Å²) in [6.07, 6.45) is -4.83. The number of hydrogen-bond donors (Lipinski definition) is 1. The molecule has 0 fully saturated rings. The van der Waals surface area contributed by atoms with E-state index >= 15 is 0 Å². The first-order valence-corrected chi connectivity index (χ1v) is 9.47. The van der Waals surface area contributed by atoms with E-state index in [1.54, 1.807) is 0 Å². The summed E-state index contributed by atoms with van der Waals surface area (Å²) in [5, 5.41) is -0.497. The van der Waals surface area contributed by atoms with Crippen molar-refractivity contribution in [3.05, 3.63) is 57.6 Å². The van der Waals surface area contributed by atoms with E-state index in [0.29, 0.717) is 6.07 Å². The number of nitrogens with zero attached hydrogens (tertiary/aromatic N) is 1. The number of alkyl halides is 3. The van der Waals surface area contributed by atoms with E-state index in [4.69, 9.17) is 23.2 Å². The summed E-state index contributed by atoms with van der Waals surface area (Å²) in [5.41, 5.74) is -1.47. The van der Waals surface area contributed by atoms with Crippen molar-refractivity contribution in [1.29, 1.82) is 0 Å². The number of anilines is 1. The molecule has 1 amide bonds. The normalized spacial score (nSPS) is 12.0. The summed E-state index contributed by atoms with van der Waals surface area (Å²) in [7, 11) is -1.52. The van der Waals surface area contributed by atoms with Gasteiger partial charge in [0.05, 0.1) is 26.7 Å². The Morgan fingerprint density at radius 2 is 1.70 bits per heavy atom. The van der Waals surface area contributed by atoms with Gasteiger partial charge >= 0.3 is 6.18 Å². The molecule has 0 heterocycles. The van der Waals surface area contributed by atoms with Gasteiger partial charge in [0.25, 0.3) is 15.9 Å². The third-order valence-electron chi connectivity index (χ3n) is 3.42. The zero-order valence-electron chi connectivity index (χ0n) is 13.9. The molecule has 146 valence electrons. The zero-order chi connectivity index (χ0) is 20.6. The van der Waals surface area contributed by atoms with E-state index in [0.717, 1.165) is 12.1 Å². The Morgan fingerprint density at radius 1 is 1.07 bits per heavy atom. The molecule has 0 radical (unpaired) electrons. The van der Waals surface area contributed by atoms with E-state index in [9.17, 15) is 26.4 Å². The summed E-state index contributed by atoms with van der Waals surface area (Å²) < 4.78 is 66.2. The molecule has 0 aliphatic carbocycles. The van der Waals surface area contributed by atoms with Crippen molar-refractivity contribution in [2.24, 2.45) is 0 Å². The Balaban J connectivity index is 2.52. The van der Waals surface area contributed by atoms with Gasteiger partial charge in [-0.15, -0.1) is 0 Å². The van der Waals surface area contributed by atoms with Crippen LogP contribution in [-0.2, 0) is 16.2 Å². The highest BCUT2D eigenvalue weighted by Crippen LogP contribution is 2.36. The predicted octanol–water partition coefficient (Wildman–Crippen LogP) is 4.51. The Morgan fingerprint density at radius 3 is 2.26 bits per heavy atom. The molecule has 0 aliphatic heterocycles. The average Bonchev–Trinajstić information content (AvgIpc) is 2.53. The monoisotopic (exact) mass is 440 g/mol. The van der Waals surface area contributed by atoms with Crippen LogP contribution >= 0.6 is 23.2 Å². The van der Waals surface area contributed by atoms with Crippen LogP contribution in [0, 0.1) is 0 Å². The fourth-order valence-electron chi connectivity index (χ4n) is 2.12. The molecular formula is C16H13Cl2F3N2O3S. The van der Waals surface area contributed by atoms with Crippen LogP contribution in [0.25, 0.3) is 0 Å². The van der Waals surface area contributed by atoms with Crippen LogP contribution < -0.4 is 4.72 Å². The second-order valence-electron chi connectivity index (χ2n) is 5.63. The minimum Gasteiger partial charge on any atom is -0.345 e. The number of halogens is 5. The fraction of sp³-hybridized carbons (Fsp3) is 0.188. The summed E-state index contributed by atoms with van der Waals surface area (Å²) in [6.45, 7) is 0. The maximum absolute atomic E-state index is 13.0. The maximum atomic E-state index is 13.0. The average molecular weight is 441 g/mol. The van der Waals surface area contributed by atoms with Gasteiger partial charge in [-0.25, -0.2) is 8.42 Å². The van der Waals surface area contributed by atoms with E-state index in [-0.39, 0.29) is 16.3 Å². The molecule has 0 saturated carbocycles. The standard InChI is InChI=1S/C16H13Cl2F3N2O3S/c1-23(2)15(24)11-5-3-9(17)7-14(11)22-27(25,26)10-4-6-13(18)12(8-10)16(19,20)21/h3-8,22H,1-2H3. The topological polar surface area (TPSA) is 66.5 Å². The molecule has 5 nitrogen and oxygen atoms in total. The van der Waals surface area contributed by atoms with Gasteiger partial charge in [-0.3, -0.25) is 9.52 Å². The van der Waals surface area contributed by atoms with Gasteiger partial charge in [-0.05, 0) is 36.4 Å². The van der Waals surface area contributed by atoms with Crippen LogP contribution in [0.2, 0.25) is 10.0 Å². The molecule has 11 heteroatoms. The molecular weight excluding hydrogens is 428 g/mol. The minimum absolute atomic E-state index is 0.0158. The van der Waals surface area contributed by atoms with Crippen molar-refractivity contribution >= 4 is 44.8 Å². The van der Waals surface area contributed by atoms with E-state index in [1.165, 1.54) is 37.2 Å². The Hall–Kier alpha value is -1.97. The van der Waals surface area contributed by atoms with Crippen LogP contribution in [0.4, 0.5) is 18.9 Å². The second-order valence-corrected chi connectivity index (χ2v) is 8.16. The molecule has 2 aromatic rings. The molecule has 2 rings (SSSR count). The van der Waals surface area contributed by atoms with Crippen LogP contribution in [0.1, 0.15) is 15.9 Å². The van der Waals surface area contributed by atoms with E-state index in [1.807, 2.05) is 0 Å². The maximum Gasteiger partial charge on any atom is 0.417 e. The quantitative estimate of drug-likeness (QED) is 0.759. The molecule has 0 atom stereocenters. The van der Waals surface area contributed by atoms with Gasteiger partial charge in [-0.2, -0.15) is 13.2 Å². The van der Waals surface area contributed by atoms with Gasteiger partial charge in [0.2, 0.25) is 0 Å². The summed E-state index contributed by atoms with van der Waals surface area (Å²) in [4.78, 5) is 12.8. The van der Waals surface area contributed by atoms with Crippen LogP contribution in [0.5, 0.6) is 0 Å². The van der Waals surface area contributed by atoms with E-state index in [2.05, 4.69) is 4.72 Å². The number of nitrogens with one attached hydrogen (secondary N) is 1. The van der Waals surface area contributed by atoms with Gasteiger partial charge in [-0.1, -0.05) is 23.2 Å². The largest absolute Gasteiger partial charge is 0.417 e. The highest BCUT2D eigenvalue weighted by molar-refractivity contribution is 7.92. The number of benzene rings is 2. The molecule has 2 aromatic carbocycles. The smallest absolute Gasteiger partial charge is 0.345 e. The van der Waals surface area contributed by atoms with Gasteiger partial charge in [0.15, 0.2) is 0 Å². The Kier molecular flexibility index (Phi) is 5.98. The van der Waals surface area contributed by atoms with Crippen LogP contribution in [-0.4, -0.2) is 33.3 Å². The molecule has 0 aliphatic rings. The molecule has 1 N–H and O–H groups in total. The SMILES string of the molecule is CN(C)C(=O)c1ccc(Cl)cc1NS(=O)(=O)c1ccc(Cl)c(C(F)(F)F)c1. The highest BCUT2D eigenvalue weighted by atomic mass is 35.5. The molecule has 0 bridgehead atoms. The van der Waals surface area contributed by atoms with Gasteiger partial charge in [0, 0.05) is 19.1 Å². The third-order valence-corrected chi connectivity index (χ3v) is 5.34. The van der Waals surface area contributed by atoms with Crippen molar-refractivity contribution in [3.63, 3.8) is 0 Å². The number of carbonyl (C=O) groups excluding carboxylic acids is 1. The van der Waals surface area contributed by atoms with Crippen molar-refractivity contribution < 1.29 is 26.4 Å². The van der Waals surface area contributed by atoms with Crippen molar-refractivity contribution in [3.8, 4) is 0 Å². The number of rotatable bonds is 4. The lowest BCUT2D eigenvalue weighted by molar-refractivity contribution is -0.137. The number of sulfonamides is 1.